The van der Waals surface area contributed by atoms with E-state index < -0.39 is 5.41 Å². The number of anilines is 1. The molecular weight excluding hydrogens is 376 g/mol. The van der Waals surface area contributed by atoms with Crippen LogP contribution in [0.4, 0.5) is 5.69 Å². The summed E-state index contributed by atoms with van der Waals surface area (Å²) in [5.74, 6) is 0.713. The molecule has 3 aromatic rings. The first-order chi connectivity index (χ1) is 14.4. The topological polar surface area (TPSA) is 83.9 Å². The molecule has 4 rings (SSSR count). The number of carbonyl (C=O) groups excluding carboxylic acids is 1. The Morgan fingerprint density at radius 3 is 2.73 bits per heavy atom. The van der Waals surface area contributed by atoms with Gasteiger partial charge in [-0.1, -0.05) is 20.8 Å². The highest BCUT2D eigenvalue weighted by Gasteiger charge is 2.23. The molecule has 0 spiro atoms. The standard InChI is InChI=1S/C23H26N6O/c1-23(2,3)22(30)28-19-6-9-25-12-17(19)14-29-10-7-20-18(15-29)13-26-21(27-20)16-5-4-8-24-11-16/h4-6,8-9,11-13H,7,10,14-15H2,1-3H3,(H,25,28,30). The van der Waals surface area contributed by atoms with Crippen molar-refractivity contribution in [3.63, 3.8) is 0 Å². The van der Waals surface area contributed by atoms with Gasteiger partial charge in [0, 0.05) is 84.8 Å². The molecule has 7 heteroatoms. The Labute approximate surface area is 176 Å². The van der Waals surface area contributed by atoms with Crippen molar-refractivity contribution in [2.75, 3.05) is 11.9 Å². The lowest BCUT2D eigenvalue weighted by atomic mass is 9.95. The minimum absolute atomic E-state index is 0.00438. The molecule has 3 aromatic heterocycles. The largest absolute Gasteiger partial charge is 0.325 e. The zero-order valence-corrected chi connectivity index (χ0v) is 17.6. The fourth-order valence-electron chi connectivity index (χ4n) is 3.37. The highest BCUT2D eigenvalue weighted by atomic mass is 16.2. The van der Waals surface area contributed by atoms with Crippen LogP contribution in [0.15, 0.2) is 49.2 Å². The Balaban J connectivity index is 1.48. The van der Waals surface area contributed by atoms with E-state index in [0.29, 0.717) is 6.54 Å². The Morgan fingerprint density at radius 2 is 1.97 bits per heavy atom. The zero-order chi connectivity index (χ0) is 21.1. The van der Waals surface area contributed by atoms with Crippen molar-refractivity contribution in [3.8, 4) is 11.4 Å². The third-order valence-electron chi connectivity index (χ3n) is 5.16. The van der Waals surface area contributed by atoms with Gasteiger partial charge in [0.05, 0.1) is 5.69 Å². The van der Waals surface area contributed by atoms with E-state index in [0.717, 1.165) is 53.4 Å². The third kappa shape index (κ3) is 4.52. The fourth-order valence-corrected chi connectivity index (χ4v) is 3.37. The first-order valence-corrected chi connectivity index (χ1v) is 10.1. The lowest BCUT2D eigenvalue weighted by molar-refractivity contribution is -0.123. The van der Waals surface area contributed by atoms with E-state index in [-0.39, 0.29) is 5.91 Å². The van der Waals surface area contributed by atoms with E-state index in [1.807, 2.05) is 51.4 Å². The molecule has 1 aliphatic rings. The van der Waals surface area contributed by atoms with Gasteiger partial charge in [-0.3, -0.25) is 19.7 Å². The van der Waals surface area contributed by atoms with Crippen LogP contribution in [-0.4, -0.2) is 37.3 Å². The van der Waals surface area contributed by atoms with Gasteiger partial charge in [-0.05, 0) is 18.2 Å². The van der Waals surface area contributed by atoms with Crippen molar-refractivity contribution >= 4 is 11.6 Å². The third-order valence-corrected chi connectivity index (χ3v) is 5.16. The lowest BCUT2D eigenvalue weighted by Crippen LogP contribution is -2.32. The number of nitrogens with zero attached hydrogens (tertiary/aromatic N) is 5. The van der Waals surface area contributed by atoms with E-state index >= 15 is 0 Å². The Hall–Kier alpha value is -3.19. The molecule has 1 amide bonds. The molecule has 4 heterocycles. The van der Waals surface area contributed by atoms with Gasteiger partial charge in [0.2, 0.25) is 5.91 Å². The summed E-state index contributed by atoms with van der Waals surface area (Å²) in [6, 6.07) is 5.73. The van der Waals surface area contributed by atoms with Gasteiger partial charge in [0.15, 0.2) is 5.82 Å². The molecule has 30 heavy (non-hydrogen) atoms. The number of amides is 1. The second-order valence-corrected chi connectivity index (χ2v) is 8.60. The summed E-state index contributed by atoms with van der Waals surface area (Å²) in [6.07, 6.45) is 9.84. The molecule has 1 aliphatic heterocycles. The molecule has 0 atom stereocenters. The van der Waals surface area contributed by atoms with Crippen LogP contribution in [0.1, 0.15) is 37.6 Å². The molecule has 0 saturated carbocycles. The predicted octanol–water partition coefficient (Wildman–Crippen LogP) is 3.48. The van der Waals surface area contributed by atoms with Gasteiger partial charge in [-0.15, -0.1) is 0 Å². The van der Waals surface area contributed by atoms with Gasteiger partial charge < -0.3 is 5.32 Å². The normalized spacial score (nSPS) is 14.2. The summed E-state index contributed by atoms with van der Waals surface area (Å²) in [5.41, 5.74) is 4.53. The summed E-state index contributed by atoms with van der Waals surface area (Å²) in [5, 5.41) is 3.05. The molecule has 154 valence electrons. The van der Waals surface area contributed by atoms with Gasteiger partial charge in [0.1, 0.15) is 0 Å². The monoisotopic (exact) mass is 402 g/mol. The number of fused-ring (bicyclic) bond motifs is 1. The molecule has 0 fully saturated rings. The fraction of sp³-hybridized carbons (Fsp3) is 0.348. The van der Waals surface area contributed by atoms with Crippen LogP contribution in [0.25, 0.3) is 11.4 Å². The van der Waals surface area contributed by atoms with Crippen LogP contribution in [0.3, 0.4) is 0 Å². The molecule has 0 aliphatic carbocycles. The van der Waals surface area contributed by atoms with Crippen molar-refractivity contribution in [1.29, 1.82) is 0 Å². The van der Waals surface area contributed by atoms with Gasteiger partial charge >= 0.3 is 0 Å². The van der Waals surface area contributed by atoms with Gasteiger partial charge in [0.25, 0.3) is 0 Å². The van der Waals surface area contributed by atoms with Gasteiger partial charge in [-0.2, -0.15) is 0 Å². The van der Waals surface area contributed by atoms with Crippen LogP contribution < -0.4 is 5.32 Å². The number of hydrogen-bond donors (Lipinski definition) is 1. The van der Waals surface area contributed by atoms with E-state index in [2.05, 4.69) is 25.2 Å². The second-order valence-electron chi connectivity index (χ2n) is 8.60. The number of hydrogen-bond acceptors (Lipinski definition) is 6. The zero-order valence-electron chi connectivity index (χ0n) is 17.6. The molecule has 7 nitrogen and oxygen atoms in total. The van der Waals surface area contributed by atoms with Crippen LogP contribution in [-0.2, 0) is 24.3 Å². The lowest BCUT2D eigenvalue weighted by Gasteiger charge is -2.29. The summed E-state index contributed by atoms with van der Waals surface area (Å²) in [6.45, 7) is 8.08. The second kappa shape index (κ2) is 8.28. The van der Waals surface area contributed by atoms with Crippen molar-refractivity contribution in [3.05, 3.63) is 66.0 Å². The van der Waals surface area contributed by atoms with Crippen LogP contribution in [0, 0.1) is 5.41 Å². The van der Waals surface area contributed by atoms with Crippen molar-refractivity contribution in [1.82, 2.24) is 24.8 Å². The molecule has 0 saturated heterocycles. The maximum absolute atomic E-state index is 12.4. The Bertz CT molecular complexity index is 1050. The number of rotatable bonds is 4. The molecule has 1 N–H and O–H groups in total. The summed E-state index contributed by atoms with van der Waals surface area (Å²) >= 11 is 0. The van der Waals surface area contributed by atoms with Crippen molar-refractivity contribution in [2.45, 2.75) is 40.3 Å². The van der Waals surface area contributed by atoms with E-state index in [1.54, 1.807) is 18.6 Å². The summed E-state index contributed by atoms with van der Waals surface area (Å²) in [7, 11) is 0. The van der Waals surface area contributed by atoms with E-state index in [9.17, 15) is 4.79 Å². The summed E-state index contributed by atoms with van der Waals surface area (Å²) < 4.78 is 0. The Kier molecular flexibility index (Phi) is 5.55. The number of carbonyl (C=O) groups is 1. The minimum Gasteiger partial charge on any atom is -0.325 e. The SMILES string of the molecule is CC(C)(C)C(=O)Nc1ccncc1CN1CCc2nc(-c3cccnc3)ncc2C1. The quantitative estimate of drug-likeness (QED) is 0.719. The van der Waals surface area contributed by atoms with Crippen LogP contribution in [0.2, 0.25) is 0 Å². The number of nitrogens with one attached hydrogen (secondary N) is 1. The highest BCUT2D eigenvalue weighted by Crippen LogP contribution is 2.25. The van der Waals surface area contributed by atoms with E-state index in [4.69, 9.17) is 4.98 Å². The maximum Gasteiger partial charge on any atom is 0.229 e. The van der Waals surface area contributed by atoms with Crippen LogP contribution >= 0.6 is 0 Å². The predicted molar refractivity (Wildman–Crippen MR) is 115 cm³/mol. The highest BCUT2D eigenvalue weighted by molar-refractivity contribution is 5.95. The first kappa shape index (κ1) is 20.1. The average Bonchev–Trinajstić information content (AvgIpc) is 2.74. The molecule has 0 radical (unpaired) electrons. The number of aromatic nitrogens is 4. The maximum atomic E-state index is 12.4. The molecular formula is C23H26N6O. The number of pyridine rings is 2. The van der Waals surface area contributed by atoms with Gasteiger partial charge in [-0.25, -0.2) is 9.97 Å². The molecule has 0 bridgehead atoms. The van der Waals surface area contributed by atoms with Crippen molar-refractivity contribution in [2.24, 2.45) is 5.41 Å². The minimum atomic E-state index is -0.450. The molecule has 0 unspecified atom stereocenters. The van der Waals surface area contributed by atoms with Crippen LogP contribution in [0.5, 0.6) is 0 Å². The van der Waals surface area contributed by atoms with E-state index in [1.165, 1.54) is 0 Å². The average molecular weight is 403 g/mol. The smallest absolute Gasteiger partial charge is 0.229 e. The summed E-state index contributed by atoms with van der Waals surface area (Å²) in [4.78, 5) is 32.5. The first-order valence-electron chi connectivity index (χ1n) is 10.1. The van der Waals surface area contributed by atoms with Crippen molar-refractivity contribution < 1.29 is 4.79 Å². The molecule has 0 aromatic carbocycles. The Morgan fingerprint density at radius 1 is 1.13 bits per heavy atom.